The Hall–Kier alpha value is -3.13. The first-order valence-corrected chi connectivity index (χ1v) is 10.3. The van der Waals surface area contributed by atoms with Gasteiger partial charge < -0.3 is 19.0 Å². The van der Waals surface area contributed by atoms with E-state index in [1.807, 2.05) is 26.0 Å². The first kappa shape index (κ1) is 20.2. The van der Waals surface area contributed by atoms with Gasteiger partial charge in [-0.15, -0.1) is 10.2 Å². The van der Waals surface area contributed by atoms with Gasteiger partial charge >= 0.3 is 0 Å². The van der Waals surface area contributed by atoms with Crippen LogP contribution in [0.2, 0.25) is 0 Å². The van der Waals surface area contributed by atoms with Crippen molar-refractivity contribution in [3.63, 3.8) is 0 Å². The number of fused-ring (bicyclic) bond motifs is 1. The molecule has 0 aliphatic carbocycles. The Bertz CT molecular complexity index is 965. The molecule has 1 N–H and O–H groups in total. The van der Waals surface area contributed by atoms with Gasteiger partial charge in [-0.1, -0.05) is 12.1 Å². The van der Waals surface area contributed by atoms with E-state index >= 15 is 0 Å². The lowest BCUT2D eigenvalue weighted by atomic mass is 10.2. The Balaban J connectivity index is 1.38. The van der Waals surface area contributed by atoms with Gasteiger partial charge in [0.15, 0.2) is 11.6 Å². The highest BCUT2D eigenvalue weighted by molar-refractivity contribution is 5.91. The maximum absolute atomic E-state index is 12.3. The molecule has 1 aromatic carbocycles. The number of rotatable bonds is 7. The monoisotopic (exact) mass is 409 g/mol. The van der Waals surface area contributed by atoms with Gasteiger partial charge in [0.05, 0.1) is 18.9 Å². The number of carbonyl (C=O) groups is 1. The van der Waals surface area contributed by atoms with E-state index in [4.69, 9.17) is 9.15 Å². The largest absolute Gasteiger partial charge is 0.494 e. The van der Waals surface area contributed by atoms with Gasteiger partial charge in [0.25, 0.3) is 5.91 Å². The molecule has 0 radical (unpaired) electrons. The van der Waals surface area contributed by atoms with E-state index < -0.39 is 0 Å². The molecule has 3 aromatic rings. The van der Waals surface area contributed by atoms with Crippen LogP contribution in [0, 0.1) is 0 Å². The van der Waals surface area contributed by atoms with E-state index in [2.05, 4.69) is 37.1 Å². The lowest BCUT2D eigenvalue weighted by Crippen LogP contribution is -2.30. The Kier molecular flexibility index (Phi) is 6.13. The molecule has 0 saturated carbocycles. The van der Waals surface area contributed by atoms with Crippen LogP contribution in [0.25, 0.3) is 0 Å². The van der Waals surface area contributed by atoms with Crippen LogP contribution in [0.1, 0.15) is 47.7 Å². The molecule has 0 spiro atoms. The zero-order valence-corrected chi connectivity index (χ0v) is 17.4. The predicted octanol–water partition coefficient (Wildman–Crippen LogP) is 2.82. The highest BCUT2D eigenvalue weighted by atomic mass is 16.5. The number of ether oxygens (including phenoxy) is 1. The van der Waals surface area contributed by atoms with E-state index in [-0.39, 0.29) is 11.9 Å². The van der Waals surface area contributed by atoms with Crippen molar-refractivity contribution in [2.24, 2.45) is 0 Å². The molecule has 2 aromatic heterocycles. The predicted molar refractivity (Wildman–Crippen MR) is 111 cm³/mol. The van der Waals surface area contributed by atoms with E-state index in [9.17, 15) is 4.79 Å². The number of amides is 1. The summed E-state index contributed by atoms with van der Waals surface area (Å²) in [5.41, 5.74) is 1.26. The van der Waals surface area contributed by atoms with Crippen molar-refractivity contribution in [1.82, 2.24) is 25.0 Å². The summed E-state index contributed by atoms with van der Waals surface area (Å²) >= 11 is 0. The summed E-state index contributed by atoms with van der Waals surface area (Å²) in [4.78, 5) is 14.7. The van der Waals surface area contributed by atoms with Gasteiger partial charge in [0.2, 0.25) is 0 Å². The van der Waals surface area contributed by atoms with Crippen molar-refractivity contribution in [3.8, 4) is 5.75 Å². The topological polar surface area (TPSA) is 85.4 Å². The molecular weight excluding hydrogens is 382 g/mol. The quantitative estimate of drug-likeness (QED) is 0.646. The molecule has 0 saturated heterocycles. The Morgan fingerprint density at radius 1 is 1.20 bits per heavy atom. The SMILES string of the molecule is CCOc1ccc(CN2CCc3nnc([C@@H](C)NC(=O)c4ccco4)n3CC2)cc1. The van der Waals surface area contributed by atoms with Crippen LogP contribution < -0.4 is 10.1 Å². The van der Waals surface area contributed by atoms with Crippen molar-refractivity contribution in [2.75, 3.05) is 19.7 Å². The molecule has 0 unspecified atom stereocenters. The number of furan rings is 1. The molecule has 158 valence electrons. The van der Waals surface area contributed by atoms with E-state index in [0.717, 1.165) is 50.0 Å². The molecule has 1 aliphatic rings. The Labute approximate surface area is 175 Å². The maximum Gasteiger partial charge on any atom is 0.287 e. The van der Waals surface area contributed by atoms with Crippen LogP contribution in [0.3, 0.4) is 0 Å². The second-order valence-electron chi connectivity index (χ2n) is 7.40. The molecule has 1 amide bonds. The van der Waals surface area contributed by atoms with E-state index in [1.165, 1.54) is 11.8 Å². The summed E-state index contributed by atoms with van der Waals surface area (Å²) < 4.78 is 12.8. The number of carbonyl (C=O) groups excluding carboxylic acids is 1. The van der Waals surface area contributed by atoms with Crippen LogP contribution in [-0.2, 0) is 19.5 Å². The summed E-state index contributed by atoms with van der Waals surface area (Å²) in [6.45, 7) is 8.05. The summed E-state index contributed by atoms with van der Waals surface area (Å²) in [7, 11) is 0. The molecule has 3 heterocycles. The second-order valence-corrected chi connectivity index (χ2v) is 7.40. The zero-order chi connectivity index (χ0) is 20.9. The summed E-state index contributed by atoms with van der Waals surface area (Å²) in [6.07, 6.45) is 2.31. The first-order chi connectivity index (χ1) is 14.6. The second kappa shape index (κ2) is 9.13. The molecule has 0 fully saturated rings. The fourth-order valence-electron chi connectivity index (χ4n) is 3.72. The zero-order valence-electron chi connectivity index (χ0n) is 17.4. The van der Waals surface area contributed by atoms with Gasteiger partial charge in [0.1, 0.15) is 11.6 Å². The Morgan fingerprint density at radius 2 is 2.03 bits per heavy atom. The van der Waals surface area contributed by atoms with Gasteiger partial charge in [-0.25, -0.2) is 0 Å². The highest BCUT2D eigenvalue weighted by Gasteiger charge is 2.23. The maximum atomic E-state index is 12.3. The highest BCUT2D eigenvalue weighted by Crippen LogP contribution is 2.18. The molecule has 1 aliphatic heterocycles. The van der Waals surface area contributed by atoms with Crippen molar-refractivity contribution in [3.05, 3.63) is 65.6 Å². The number of benzene rings is 1. The minimum atomic E-state index is -0.262. The minimum absolute atomic E-state index is 0.254. The molecular formula is C22H27N5O3. The lowest BCUT2D eigenvalue weighted by molar-refractivity contribution is 0.0909. The van der Waals surface area contributed by atoms with Crippen molar-refractivity contribution < 1.29 is 13.9 Å². The molecule has 8 heteroatoms. The van der Waals surface area contributed by atoms with E-state index in [0.29, 0.717) is 12.4 Å². The fourth-order valence-corrected chi connectivity index (χ4v) is 3.72. The third-order valence-electron chi connectivity index (χ3n) is 5.27. The van der Waals surface area contributed by atoms with Gasteiger partial charge in [-0.05, 0) is 43.7 Å². The first-order valence-electron chi connectivity index (χ1n) is 10.3. The summed E-state index contributed by atoms with van der Waals surface area (Å²) in [6, 6.07) is 11.4. The average molecular weight is 409 g/mol. The normalized spacial score (nSPS) is 15.3. The standard InChI is InChI=1S/C22H27N5O3/c1-3-29-18-8-6-17(7-9-18)15-26-11-10-20-24-25-21(27(20)13-12-26)16(2)23-22(28)19-5-4-14-30-19/h4-9,14,16H,3,10-13,15H2,1-2H3,(H,23,28)/t16-/m1/s1. The van der Waals surface area contributed by atoms with Crippen LogP contribution in [0.15, 0.2) is 47.1 Å². The van der Waals surface area contributed by atoms with E-state index in [1.54, 1.807) is 12.1 Å². The molecule has 30 heavy (non-hydrogen) atoms. The van der Waals surface area contributed by atoms with Crippen LogP contribution in [0.5, 0.6) is 5.75 Å². The smallest absolute Gasteiger partial charge is 0.287 e. The summed E-state index contributed by atoms with van der Waals surface area (Å²) in [5, 5.41) is 11.7. The number of aromatic nitrogens is 3. The Morgan fingerprint density at radius 3 is 2.77 bits per heavy atom. The number of nitrogens with zero attached hydrogens (tertiary/aromatic N) is 4. The number of nitrogens with one attached hydrogen (secondary N) is 1. The molecule has 0 bridgehead atoms. The minimum Gasteiger partial charge on any atom is -0.494 e. The lowest BCUT2D eigenvalue weighted by Gasteiger charge is -2.20. The fraction of sp³-hybridized carbons (Fsp3) is 0.409. The van der Waals surface area contributed by atoms with Crippen LogP contribution in [-0.4, -0.2) is 45.3 Å². The van der Waals surface area contributed by atoms with Gasteiger partial charge in [-0.3, -0.25) is 9.69 Å². The number of hydrogen-bond acceptors (Lipinski definition) is 6. The third-order valence-corrected chi connectivity index (χ3v) is 5.27. The average Bonchev–Trinajstić information content (AvgIpc) is 3.38. The van der Waals surface area contributed by atoms with Crippen molar-refractivity contribution in [2.45, 2.75) is 39.4 Å². The summed E-state index contributed by atoms with van der Waals surface area (Å²) in [5.74, 6) is 2.67. The molecule has 1 atom stereocenters. The van der Waals surface area contributed by atoms with Crippen LogP contribution >= 0.6 is 0 Å². The van der Waals surface area contributed by atoms with Crippen LogP contribution in [0.4, 0.5) is 0 Å². The van der Waals surface area contributed by atoms with Gasteiger partial charge in [0, 0.05) is 32.6 Å². The molecule has 8 nitrogen and oxygen atoms in total. The van der Waals surface area contributed by atoms with Crippen molar-refractivity contribution in [1.29, 1.82) is 0 Å². The third kappa shape index (κ3) is 4.54. The van der Waals surface area contributed by atoms with Crippen molar-refractivity contribution >= 4 is 5.91 Å². The number of hydrogen-bond donors (Lipinski definition) is 1. The van der Waals surface area contributed by atoms with Gasteiger partial charge in [-0.2, -0.15) is 0 Å². The molecule has 4 rings (SSSR count).